The van der Waals surface area contributed by atoms with Crippen LogP contribution in [-0.2, 0) is 16.0 Å². The number of benzene rings is 3. The lowest BCUT2D eigenvalue weighted by Gasteiger charge is -2.14. The van der Waals surface area contributed by atoms with Crippen LogP contribution in [0.5, 0.6) is 11.5 Å². The molecule has 0 amide bonds. The summed E-state index contributed by atoms with van der Waals surface area (Å²) < 4.78 is 33.3. The maximum absolute atomic E-state index is 14.1. The highest BCUT2D eigenvalue weighted by Crippen LogP contribution is 2.35. The van der Waals surface area contributed by atoms with E-state index >= 15 is 0 Å². The molecule has 6 bridgehead atoms. The Bertz CT molecular complexity index is 1660. The van der Waals surface area contributed by atoms with Crippen LogP contribution in [0.2, 0.25) is 0 Å². The molecule has 0 atom stereocenters. The average molecular weight is 524 g/mol. The fourth-order valence-corrected chi connectivity index (χ4v) is 4.86. The molecule has 0 aliphatic carbocycles. The second-order valence-corrected chi connectivity index (χ2v) is 9.25. The Morgan fingerprint density at radius 1 is 0.897 bits per heavy atom. The highest BCUT2D eigenvalue weighted by molar-refractivity contribution is 5.78. The molecule has 39 heavy (non-hydrogen) atoms. The third kappa shape index (κ3) is 4.98. The van der Waals surface area contributed by atoms with Crippen LogP contribution in [0.1, 0.15) is 11.3 Å². The van der Waals surface area contributed by atoms with Crippen LogP contribution in [0.25, 0.3) is 39.3 Å². The number of aromatic nitrogens is 3. The first kappa shape index (κ1) is 24.8. The van der Waals surface area contributed by atoms with Crippen molar-refractivity contribution >= 4 is 11.9 Å². The summed E-state index contributed by atoms with van der Waals surface area (Å²) in [6.45, 7) is 3.27. The molecule has 0 fully saturated rings. The second-order valence-electron chi connectivity index (χ2n) is 9.25. The van der Waals surface area contributed by atoms with E-state index in [2.05, 4.69) is 0 Å². The van der Waals surface area contributed by atoms with Crippen LogP contribution >= 0.6 is 0 Å². The third-order valence-electron chi connectivity index (χ3n) is 6.72. The zero-order valence-electron chi connectivity index (χ0n) is 21.4. The van der Waals surface area contributed by atoms with Gasteiger partial charge in [0.15, 0.2) is 5.65 Å². The summed E-state index contributed by atoms with van der Waals surface area (Å²) in [5.74, 6) is 0.767. The van der Waals surface area contributed by atoms with E-state index in [1.807, 2.05) is 61.5 Å². The molecule has 7 nitrogen and oxygen atoms in total. The minimum atomic E-state index is -0.375. The molecule has 2 aromatic heterocycles. The topological polar surface area (TPSA) is 75.0 Å². The van der Waals surface area contributed by atoms with Gasteiger partial charge in [0.1, 0.15) is 36.8 Å². The molecule has 7 rings (SSSR count). The first-order valence-corrected chi connectivity index (χ1v) is 12.8. The van der Waals surface area contributed by atoms with Gasteiger partial charge < -0.3 is 19.0 Å². The van der Waals surface area contributed by atoms with Gasteiger partial charge in [-0.1, -0.05) is 18.2 Å². The predicted octanol–water partition coefficient (Wildman–Crippen LogP) is 5.71. The van der Waals surface area contributed by atoms with E-state index in [1.165, 1.54) is 12.1 Å². The van der Waals surface area contributed by atoms with Gasteiger partial charge in [-0.2, -0.15) is 5.10 Å². The van der Waals surface area contributed by atoms with E-state index < -0.39 is 0 Å². The Kier molecular flexibility index (Phi) is 6.77. The molecular weight excluding hydrogens is 497 g/mol. The molecule has 0 spiro atoms. The van der Waals surface area contributed by atoms with Gasteiger partial charge in [0, 0.05) is 46.5 Å². The fraction of sp³-hybridized carbons (Fsp3) is 0.194. The third-order valence-corrected chi connectivity index (χ3v) is 6.72. The van der Waals surface area contributed by atoms with Crippen LogP contribution in [0.4, 0.5) is 4.39 Å². The quantitative estimate of drug-likeness (QED) is 0.218. The van der Waals surface area contributed by atoms with Gasteiger partial charge in [-0.25, -0.2) is 13.9 Å². The molecule has 3 aromatic carbocycles. The summed E-state index contributed by atoms with van der Waals surface area (Å²) >= 11 is 0. The Morgan fingerprint density at radius 3 is 2.51 bits per heavy atom. The first-order valence-electron chi connectivity index (χ1n) is 12.8. The molecule has 0 radical (unpaired) electrons. The number of carbonyl (C=O) groups excluding carboxylic acids is 1. The zero-order chi connectivity index (χ0) is 26.8. The highest BCUT2D eigenvalue weighted by Gasteiger charge is 2.18. The molecule has 196 valence electrons. The van der Waals surface area contributed by atoms with Crippen LogP contribution in [-0.4, -0.2) is 47.3 Å². The van der Waals surface area contributed by atoms with Crippen molar-refractivity contribution in [1.29, 1.82) is 0 Å². The van der Waals surface area contributed by atoms with Crippen LogP contribution < -0.4 is 9.47 Å². The monoisotopic (exact) mass is 523 g/mol. The highest BCUT2D eigenvalue weighted by atomic mass is 19.1. The maximum atomic E-state index is 14.1. The number of ether oxygens (including phenoxy) is 3. The fourth-order valence-electron chi connectivity index (χ4n) is 4.86. The van der Waals surface area contributed by atoms with E-state index in [0.717, 1.165) is 51.2 Å². The number of aryl methyl sites for hydroxylation is 1. The number of carbonyl (C=O) groups is 1. The van der Waals surface area contributed by atoms with Crippen molar-refractivity contribution < 1.29 is 23.4 Å². The van der Waals surface area contributed by atoms with Crippen molar-refractivity contribution in [2.75, 3.05) is 26.4 Å². The number of rotatable bonds is 2. The summed E-state index contributed by atoms with van der Waals surface area (Å²) in [7, 11) is 0. The molecule has 0 N–H and O–H groups in total. The van der Waals surface area contributed by atoms with E-state index in [1.54, 1.807) is 10.6 Å². The lowest BCUT2D eigenvalue weighted by Crippen LogP contribution is -2.12. The van der Waals surface area contributed by atoms with Gasteiger partial charge in [-0.15, -0.1) is 0 Å². The lowest BCUT2D eigenvalue weighted by molar-refractivity contribution is -0.107. The van der Waals surface area contributed by atoms with E-state index in [4.69, 9.17) is 24.3 Å². The van der Waals surface area contributed by atoms with Gasteiger partial charge in [0.2, 0.25) is 0 Å². The predicted molar refractivity (Wildman–Crippen MR) is 146 cm³/mol. The molecule has 0 unspecified atom stereocenters. The van der Waals surface area contributed by atoms with Crippen molar-refractivity contribution in [3.8, 4) is 45.1 Å². The Hall–Kier alpha value is -4.56. The Labute approximate surface area is 224 Å². The number of nitrogens with zero attached hydrogens (tertiary/aromatic N) is 3. The average Bonchev–Trinajstić information content (AvgIpc) is 3.37. The molecule has 2 aliphatic heterocycles. The lowest BCUT2D eigenvalue weighted by atomic mass is 10.0. The van der Waals surface area contributed by atoms with Crippen molar-refractivity contribution in [3.63, 3.8) is 0 Å². The summed E-state index contributed by atoms with van der Waals surface area (Å²) in [5, 5.41) is 4.93. The molecule has 2 aliphatic rings. The number of fused-ring (bicyclic) bond motifs is 8. The van der Waals surface area contributed by atoms with E-state index in [9.17, 15) is 9.18 Å². The van der Waals surface area contributed by atoms with Crippen molar-refractivity contribution in [2.45, 2.75) is 13.3 Å². The summed E-state index contributed by atoms with van der Waals surface area (Å²) in [4.78, 5) is 16.4. The summed E-state index contributed by atoms with van der Waals surface area (Å²) in [5.41, 5.74) is 7.20. The van der Waals surface area contributed by atoms with Crippen LogP contribution in [0, 0.1) is 12.7 Å². The van der Waals surface area contributed by atoms with E-state index in [0.29, 0.717) is 37.0 Å². The number of hydrogen-bond donors (Lipinski definition) is 0. The zero-order valence-corrected chi connectivity index (χ0v) is 21.4. The van der Waals surface area contributed by atoms with Gasteiger partial charge in [-0.3, -0.25) is 0 Å². The van der Waals surface area contributed by atoms with Gasteiger partial charge in [-0.05, 0) is 55.0 Å². The summed E-state index contributed by atoms with van der Waals surface area (Å²) in [6, 6.07) is 22.0. The SMILES string of the molecule is Cc1nc2cc3nn2c(c1CC=O)-c1ccc(cc1)OCCOCCOc1cc(F)ccc1-c1cccc-3c1. The number of aldehydes is 1. The molecule has 0 saturated carbocycles. The molecule has 0 saturated heterocycles. The van der Waals surface area contributed by atoms with Gasteiger partial charge in [0.05, 0.1) is 24.6 Å². The Balaban J connectivity index is 1.54. The normalized spacial score (nSPS) is 13.5. The van der Waals surface area contributed by atoms with Crippen LogP contribution in [0.3, 0.4) is 0 Å². The van der Waals surface area contributed by atoms with Gasteiger partial charge >= 0.3 is 0 Å². The largest absolute Gasteiger partial charge is 0.491 e. The molecular formula is C31H26FN3O4. The second kappa shape index (κ2) is 10.7. The standard InChI is InChI=1S/C31H26FN3O4/c1-20-26(11-12-36)31-21-5-8-25(9-6-21)38-15-13-37-14-16-39-29-18-24(32)7-10-27(29)22-3-2-4-23(17-22)28-19-30(33-20)35(31)34-28/h2-10,12,17-19H,11,13-16H2,1H3. The van der Waals surface area contributed by atoms with Crippen molar-refractivity contribution in [1.82, 2.24) is 14.6 Å². The molecule has 5 aromatic rings. The molecule has 4 heterocycles. The van der Waals surface area contributed by atoms with Crippen molar-refractivity contribution in [2.24, 2.45) is 0 Å². The molecule has 8 heteroatoms. The summed E-state index contributed by atoms with van der Waals surface area (Å²) in [6.07, 6.45) is 1.11. The first-order chi connectivity index (χ1) is 19.1. The van der Waals surface area contributed by atoms with E-state index in [-0.39, 0.29) is 18.8 Å². The van der Waals surface area contributed by atoms with Crippen LogP contribution in [0.15, 0.2) is 72.8 Å². The number of halogens is 1. The minimum Gasteiger partial charge on any atom is -0.491 e. The number of hydrogen-bond acceptors (Lipinski definition) is 6. The smallest absolute Gasteiger partial charge is 0.156 e. The Morgan fingerprint density at radius 2 is 1.69 bits per heavy atom. The van der Waals surface area contributed by atoms with Crippen molar-refractivity contribution in [3.05, 3.63) is 89.9 Å². The maximum Gasteiger partial charge on any atom is 0.156 e. The van der Waals surface area contributed by atoms with Gasteiger partial charge in [0.25, 0.3) is 0 Å². The minimum absolute atomic E-state index is 0.220.